The summed E-state index contributed by atoms with van der Waals surface area (Å²) in [6.45, 7) is 2.17. The van der Waals surface area contributed by atoms with Crippen molar-refractivity contribution >= 4 is 11.3 Å². The fraction of sp³-hybridized carbons (Fsp3) is 0.308. The molecule has 0 aliphatic carbocycles. The molecule has 2 aromatic rings. The van der Waals surface area contributed by atoms with E-state index < -0.39 is 0 Å². The third kappa shape index (κ3) is 2.68. The Hall–Kier alpha value is -1.19. The molecule has 0 spiro atoms. The van der Waals surface area contributed by atoms with Gasteiger partial charge in [0.15, 0.2) is 0 Å². The molecule has 0 amide bonds. The highest BCUT2D eigenvalue weighted by Gasteiger charge is 2.15. The van der Waals surface area contributed by atoms with Gasteiger partial charge in [0.1, 0.15) is 0 Å². The minimum absolute atomic E-state index is 0.133. The van der Waals surface area contributed by atoms with Crippen molar-refractivity contribution < 1.29 is 0 Å². The maximum atomic E-state index is 6.21. The van der Waals surface area contributed by atoms with Crippen LogP contribution in [0.5, 0.6) is 0 Å². The van der Waals surface area contributed by atoms with Crippen LogP contribution in [0.2, 0.25) is 0 Å². The normalized spacial score (nSPS) is 14.6. The van der Waals surface area contributed by atoms with Gasteiger partial charge in [-0.05, 0) is 11.5 Å². The van der Waals surface area contributed by atoms with Gasteiger partial charge >= 0.3 is 0 Å². The monoisotopic (exact) mass is 232 g/mol. The fourth-order valence-corrected chi connectivity index (χ4v) is 2.43. The molecule has 1 heterocycles. The Morgan fingerprint density at radius 1 is 1.31 bits per heavy atom. The molecule has 0 radical (unpaired) electrons. The zero-order valence-electron chi connectivity index (χ0n) is 9.34. The molecule has 0 aliphatic heterocycles. The molecule has 0 aliphatic rings. The van der Waals surface area contributed by atoms with Gasteiger partial charge in [0.05, 0.1) is 5.01 Å². The largest absolute Gasteiger partial charge is 0.327 e. The first-order valence-corrected chi connectivity index (χ1v) is 6.34. The van der Waals surface area contributed by atoms with Crippen LogP contribution < -0.4 is 5.73 Å². The second-order valence-corrected chi connectivity index (χ2v) is 4.97. The number of nitrogens with zero attached hydrogens (tertiary/aromatic N) is 1. The lowest BCUT2D eigenvalue weighted by molar-refractivity contribution is 0.563. The van der Waals surface area contributed by atoms with E-state index in [9.17, 15) is 0 Å². The Bertz CT molecular complexity index is 411. The second kappa shape index (κ2) is 5.23. The molecule has 16 heavy (non-hydrogen) atoms. The molecule has 2 nitrogen and oxygen atoms in total. The van der Waals surface area contributed by atoms with Crippen LogP contribution in [0.25, 0.3) is 0 Å². The molecule has 2 N–H and O–H groups in total. The smallest absolute Gasteiger partial charge is 0.0940 e. The maximum absolute atomic E-state index is 6.21. The summed E-state index contributed by atoms with van der Waals surface area (Å²) in [6.07, 6.45) is 2.69. The van der Waals surface area contributed by atoms with E-state index in [4.69, 9.17) is 5.73 Å². The lowest BCUT2D eigenvalue weighted by Gasteiger charge is -2.19. The average Bonchev–Trinajstić information content (AvgIpc) is 2.82. The lowest BCUT2D eigenvalue weighted by atomic mass is 9.92. The zero-order valence-corrected chi connectivity index (χ0v) is 10.2. The Balaban J connectivity index is 2.02. The molecule has 0 fully saturated rings. The van der Waals surface area contributed by atoms with Crippen LogP contribution >= 0.6 is 11.3 Å². The van der Waals surface area contributed by atoms with Gasteiger partial charge in [-0.15, -0.1) is 11.3 Å². The van der Waals surface area contributed by atoms with Crippen molar-refractivity contribution in [1.29, 1.82) is 0 Å². The van der Waals surface area contributed by atoms with Crippen molar-refractivity contribution in [3.8, 4) is 0 Å². The predicted molar refractivity (Wildman–Crippen MR) is 68.7 cm³/mol. The van der Waals surface area contributed by atoms with Crippen LogP contribution in [-0.4, -0.2) is 11.0 Å². The quantitative estimate of drug-likeness (QED) is 0.880. The molecule has 3 heteroatoms. The van der Waals surface area contributed by atoms with Crippen molar-refractivity contribution in [2.24, 2.45) is 5.73 Å². The molecular formula is C13H16N2S. The third-order valence-corrected chi connectivity index (χ3v) is 3.66. The van der Waals surface area contributed by atoms with Gasteiger partial charge in [-0.2, -0.15) is 0 Å². The molecule has 0 saturated carbocycles. The molecule has 2 unspecified atom stereocenters. The summed E-state index contributed by atoms with van der Waals surface area (Å²) in [7, 11) is 0. The minimum atomic E-state index is 0.133. The molecule has 1 aromatic heterocycles. The summed E-state index contributed by atoms with van der Waals surface area (Å²) in [5.41, 5.74) is 7.50. The van der Waals surface area contributed by atoms with E-state index in [1.807, 2.05) is 17.6 Å². The summed E-state index contributed by atoms with van der Waals surface area (Å²) in [6, 6.07) is 10.5. The number of hydrogen-bond acceptors (Lipinski definition) is 3. The van der Waals surface area contributed by atoms with Gasteiger partial charge in [-0.25, -0.2) is 4.98 Å². The first kappa shape index (κ1) is 11.3. The van der Waals surface area contributed by atoms with E-state index in [2.05, 4.69) is 36.2 Å². The van der Waals surface area contributed by atoms with E-state index >= 15 is 0 Å². The molecule has 0 bridgehead atoms. The molecule has 2 atom stereocenters. The molecule has 84 valence electrons. The van der Waals surface area contributed by atoms with Crippen LogP contribution in [0.15, 0.2) is 41.9 Å². The van der Waals surface area contributed by atoms with E-state index in [1.54, 1.807) is 11.3 Å². The standard InChI is InChI=1S/C13H16N2S/c1-10(11-5-3-2-4-6-11)12(14)9-13-15-7-8-16-13/h2-8,10,12H,9,14H2,1H3. The highest BCUT2D eigenvalue weighted by atomic mass is 32.1. The van der Waals surface area contributed by atoms with Gasteiger partial charge in [-0.3, -0.25) is 0 Å². The van der Waals surface area contributed by atoms with Gasteiger partial charge in [0.2, 0.25) is 0 Å². The van der Waals surface area contributed by atoms with Crippen LogP contribution in [0, 0.1) is 0 Å². The molecular weight excluding hydrogens is 216 g/mol. The van der Waals surface area contributed by atoms with E-state index in [1.165, 1.54) is 5.56 Å². The highest BCUT2D eigenvalue weighted by molar-refractivity contribution is 7.09. The van der Waals surface area contributed by atoms with Crippen LogP contribution in [0.3, 0.4) is 0 Å². The number of hydrogen-bond donors (Lipinski definition) is 1. The van der Waals surface area contributed by atoms with Crippen molar-refractivity contribution in [2.75, 3.05) is 0 Å². The van der Waals surface area contributed by atoms with Gasteiger partial charge < -0.3 is 5.73 Å². The van der Waals surface area contributed by atoms with E-state index in [0.29, 0.717) is 5.92 Å². The number of nitrogens with two attached hydrogens (primary N) is 1. The summed E-state index contributed by atoms with van der Waals surface area (Å²) in [4.78, 5) is 4.27. The zero-order chi connectivity index (χ0) is 11.4. The topological polar surface area (TPSA) is 38.9 Å². The summed E-state index contributed by atoms with van der Waals surface area (Å²) in [5, 5.41) is 3.12. The predicted octanol–water partition coefficient (Wildman–Crippen LogP) is 2.82. The molecule has 2 rings (SSSR count). The first-order chi connectivity index (χ1) is 7.77. The van der Waals surface area contributed by atoms with Crippen molar-refractivity contribution in [2.45, 2.75) is 25.3 Å². The van der Waals surface area contributed by atoms with Crippen molar-refractivity contribution in [3.05, 3.63) is 52.5 Å². The minimum Gasteiger partial charge on any atom is -0.327 e. The molecule has 0 saturated heterocycles. The van der Waals surface area contributed by atoms with Crippen molar-refractivity contribution in [1.82, 2.24) is 4.98 Å². The Labute approximate surface area is 100 Å². The fourth-order valence-electron chi connectivity index (χ4n) is 1.74. The Morgan fingerprint density at radius 3 is 2.69 bits per heavy atom. The van der Waals surface area contributed by atoms with Gasteiger partial charge in [-0.1, -0.05) is 37.3 Å². The van der Waals surface area contributed by atoms with E-state index in [0.717, 1.165) is 11.4 Å². The molecule has 1 aromatic carbocycles. The van der Waals surface area contributed by atoms with Gasteiger partial charge in [0.25, 0.3) is 0 Å². The second-order valence-electron chi connectivity index (χ2n) is 3.99. The number of benzene rings is 1. The SMILES string of the molecule is CC(c1ccccc1)C(N)Cc1nccs1. The van der Waals surface area contributed by atoms with Crippen LogP contribution in [-0.2, 0) is 6.42 Å². The third-order valence-electron chi connectivity index (χ3n) is 2.86. The van der Waals surface area contributed by atoms with E-state index in [-0.39, 0.29) is 6.04 Å². The number of thiazole rings is 1. The summed E-state index contributed by atoms with van der Waals surface area (Å²) in [5.74, 6) is 0.366. The van der Waals surface area contributed by atoms with Crippen molar-refractivity contribution in [3.63, 3.8) is 0 Å². The Kier molecular flexibility index (Phi) is 3.70. The maximum Gasteiger partial charge on any atom is 0.0940 e. The number of rotatable bonds is 4. The highest BCUT2D eigenvalue weighted by Crippen LogP contribution is 2.20. The van der Waals surface area contributed by atoms with Gasteiger partial charge in [0, 0.05) is 24.0 Å². The first-order valence-electron chi connectivity index (χ1n) is 5.46. The average molecular weight is 232 g/mol. The lowest BCUT2D eigenvalue weighted by Crippen LogP contribution is -2.29. The van der Waals surface area contributed by atoms with Crippen LogP contribution in [0.4, 0.5) is 0 Å². The number of aromatic nitrogens is 1. The summed E-state index contributed by atoms with van der Waals surface area (Å²) >= 11 is 1.67. The Morgan fingerprint density at radius 2 is 2.06 bits per heavy atom. The summed E-state index contributed by atoms with van der Waals surface area (Å²) < 4.78 is 0. The van der Waals surface area contributed by atoms with Crippen LogP contribution in [0.1, 0.15) is 23.4 Å².